The predicted octanol–water partition coefficient (Wildman–Crippen LogP) is 1.53. The van der Waals surface area contributed by atoms with Crippen LogP contribution in [0.25, 0.3) is 0 Å². The van der Waals surface area contributed by atoms with E-state index in [0.717, 1.165) is 38.6 Å². The van der Waals surface area contributed by atoms with Crippen molar-refractivity contribution in [1.29, 1.82) is 0 Å². The number of nitrogens with one attached hydrogen (secondary N) is 2. The molecule has 2 fully saturated rings. The minimum absolute atomic E-state index is 0.709. The highest BCUT2D eigenvalue weighted by Gasteiger charge is 2.20. The van der Waals surface area contributed by atoms with Crippen molar-refractivity contribution in [2.24, 2.45) is 5.92 Å². The van der Waals surface area contributed by atoms with Crippen LogP contribution in [0.4, 0.5) is 0 Å². The van der Waals surface area contributed by atoms with Gasteiger partial charge in [-0.3, -0.25) is 0 Å². The summed E-state index contributed by atoms with van der Waals surface area (Å²) in [5, 5.41) is 7.07. The summed E-state index contributed by atoms with van der Waals surface area (Å²) in [6.07, 6.45) is 8.02. The summed E-state index contributed by atoms with van der Waals surface area (Å²) in [7, 11) is 0. The van der Waals surface area contributed by atoms with Gasteiger partial charge >= 0.3 is 0 Å². The average molecular weight is 226 g/mol. The molecule has 2 aliphatic rings. The van der Waals surface area contributed by atoms with Gasteiger partial charge in [0.05, 0.1) is 0 Å². The molecule has 0 amide bonds. The Hall–Kier alpha value is -0.120. The van der Waals surface area contributed by atoms with E-state index in [9.17, 15) is 0 Å². The molecule has 1 heterocycles. The van der Waals surface area contributed by atoms with Gasteiger partial charge in [0.15, 0.2) is 0 Å². The number of hydrogen-bond acceptors (Lipinski definition) is 3. The lowest BCUT2D eigenvalue weighted by Gasteiger charge is -2.23. The first-order valence-corrected chi connectivity index (χ1v) is 6.97. The summed E-state index contributed by atoms with van der Waals surface area (Å²) in [5.74, 6) is 0.902. The van der Waals surface area contributed by atoms with Crippen molar-refractivity contribution in [1.82, 2.24) is 10.6 Å². The minimum atomic E-state index is 0.709. The first-order chi connectivity index (χ1) is 7.95. The molecule has 1 aliphatic heterocycles. The molecule has 0 bridgehead atoms. The molecule has 16 heavy (non-hydrogen) atoms. The highest BCUT2D eigenvalue weighted by atomic mass is 16.5. The van der Waals surface area contributed by atoms with Crippen LogP contribution in [0, 0.1) is 5.92 Å². The van der Waals surface area contributed by atoms with Gasteiger partial charge in [0.2, 0.25) is 0 Å². The first-order valence-electron chi connectivity index (χ1n) is 6.97. The Morgan fingerprint density at radius 2 is 2.12 bits per heavy atom. The predicted molar refractivity (Wildman–Crippen MR) is 66.7 cm³/mol. The number of hydrogen-bond donors (Lipinski definition) is 2. The zero-order valence-electron chi connectivity index (χ0n) is 10.3. The van der Waals surface area contributed by atoms with Crippen molar-refractivity contribution >= 4 is 0 Å². The maximum absolute atomic E-state index is 5.59. The lowest BCUT2D eigenvalue weighted by atomic mass is 10.1. The lowest BCUT2D eigenvalue weighted by molar-refractivity contribution is 0.122. The Labute approximate surface area is 99.3 Å². The highest BCUT2D eigenvalue weighted by molar-refractivity contribution is 4.74. The lowest BCUT2D eigenvalue weighted by Crippen LogP contribution is -2.42. The SMILES string of the molecule is C1CCC(CNCCCOCC2CC2)NC1. The summed E-state index contributed by atoms with van der Waals surface area (Å²) in [6, 6.07) is 0.709. The van der Waals surface area contributed by atoms with E-state index in [1.54, 1.807) is 0 Å². The molecule has 0 radical (unpaired) electrons. The Morgan fingerprint density at radius 3 is 2.88 bits per heavy atom. The normalized spacial score (nSPS) is 25.9. The Balaban J connectivity index is 1.33. The van der Waals surface area contributed by atoms with Crippen molar-refractivity contribution in [3.05, 3.63) is 0 Å². The topological polar surface area (TPSA) is 33.3 Å². The van der Waals surface area contributed by atoms with Gasteiger partial charge in [0.25, 0.3) is 0 Å². The average Bonchev–Trinajstić information content (AvgIpc) is 3.13. The van der Waals surface area contributed by atoms with Crippen LogP contribution in [0.1, 0.15) is 38.5 Å². The third-order valence-corrected chi connectivity index (χ3v) is 3.50. The van der Waals surface area contributed by atoms with Crippen molar-refractivity contribution in [2.45, 2.75) is 44.6 Å². The van der Waals surface area contributed by atoms with Crippen molar-refractivity contribution < 1.29 is 4.74 Å². The quantitative estimate of drug-likeness (QED) is 0.616. The van der Waals surface area contributed by atoms with Gasteiger partial charge < -0.3 is 15.4 Å². The van der Waals surface area contributed by atoms with Gasteiger partial charge in [0, 0.05) is 25.8 Å². The second-order valence-electron chi connectivity index (χ2n) is 5.22. The summed E-state index contributed by atoms with van der Waals surface area (Å²) in [5.41, 5.74) is 0. The van der Waals surface area contributed by atoms with E-state index in [1.807, 2.05) is 0 Å². The van der Waals surface area contributed by atoms with E-state index >= 15 is 0 Å². The molecule has 1 atom stereocenters. The molecule has 0 spiro atoms. The molecule has 3 heteroatoms. The summed E-state index contributed by atoms with van der Waals surface area (Å²) >= 11 is 0. The molecule has 1 saturated carbocycles. The van der Waals surface area contributed by atoms with Crippen LogP contribution in [-0.2, 0) is 4.74 Å². The molecular formula is C13H26N2O. The van der Waals surface area contributed by atoms with Crippen LogP contribution in [0.5, 0.6) is 0 Å². The fraction of sp³-hybridized carbons (Fsp3) is 1.00. The molecule has 0 aromatic rings. The van der Waals surface area contributed by atoms with E-state index in [1.165, 1.54) is 38.6 Å². The second-order valence-corrected chi connectivity index (χ2v) is 5.22. The second kappa shape index (κ2) is 7.25. The number of piperidine rings is 1. The van der Waals surface area contributed by atoms with Crippen molar-refractivity contribution in [3.63, 3.8) is 0 Å². The third-order valence-electron chi connectivity index (χ3n) is 3.50. The van der Waals surface area contributed by atoms with Gasteiger partial charge in [-0.25, -0.2) is 0 Å². The maximum Gasteiger partial charge on any atom is 0.0494 e. The summed E-state index contributed by atoms with van der Waals surface area (Å²) in [4.78, 5) is 0. The zero-order chi connectivity index (χ0) is 11.1. The number of ether oxygens (including phenoxy) is 1. The molecule has 0 aromatic carbocycles. The molecule has 0 aromatic heterocycles. The fourth-order valence-electron chi connectivity index (χ4n) is 2.21. The molecule has 2 rings (SSSR count). The largest absolute Gasteiger partial charge is 0.381 e. The van der Waals surface area contributed by atoms with E-state index in [4.69, 9.17) is 4.74 Å². The van der Waals surface area contributed by atoms with E-state index in [2.05, 4.69) is 10.6 Å². The van der Waals surface area contributed by atoms with Gasteiger partial charge in [0.1, 0.15) is 0 Å². The Bertz CT molecular complexity index is 177. The van der Waals surface area contributed by atoms with Gasteiger partial charge in [-0.15, -0.1) is 0 Å². The van der Waals surface area contributed by atoms with Crippen LogP contribution >= 0.6 is 0 Å². The van der Waals surface area contributed by atoms with Crippen LogP contribution in [0.15, 0.2) is 0 Å². The van der Waals surface area contributed by atoms with E-state index in [0.29, 0.717) is 6.04 Å². The van der Waals surface area contributed by atoms with E-state index < -0.39 is 0 Å². The molecule has 3 nitrogen and oxygen atoms in total. The molecule has 1 unspecified atom stereocenters. The maximum atomic E-state index is 5.59. The van der Waals surface area contributed by atoms with Crippen LogP contribution in [0.2, 0.25) is 0 Å². The number of rotatable bonds is 8. The van der Waals surface area contributed by atoms with Crippen LogP contribution in [0.3, 0.4) is 0 Å². The first kappa shape index (κ1) is 12.3. The summed E-state index contributed by atoms with van der Waals surface area (Å²) < 4.78 is 5.59. The van der Waals surface area contributed by atoms with Crippen molar-refractivity contribution in [3.8, 4) is 0 Å². The van der Waals surface area contributed by atoms with Gasteiger partial charge in [-0.05, 0) is 51.1 Å². The fourth-order valence-corrected chi connectivity index (χ4v) is 2.21. The van der Waals surface area contributed by atoms with Crippen molar-refractivity contribution in [2.75, 3.05) is 32.8 Å². The molecular weight excluding hydrogens is 200 g/mol. The molecule has 1 saturated heterocycles. The molecule has 2 N–H and O–H groups in total. The highest BCUT2D eigenvalue weighted by Crippen LogP contribution is 2.28. The van der Waals surface area contributed by atoms with E-state index in [-0.39, 0.29) is 0 Å². The minimum Gasteiger partial charge on any atom is -0.381 e. The van der Waals surface area contributed by atoms with Crippen LogP contribution in [-0.4, -0.2) is 38.9 Å². The van der Waals surface area contributed by atoms with Gasteiger partial charge in [-0.1, -0.05) is 6.42 Å². The molecule has 1 aliphatic carbocycles. The summed E-state index contributed by atoms with van der Waals surface area (Å²) in [6.45, 7) is 5.37. The Kier molecular flexibility index (Phi) is 5.59. The smallest absolute Gasteiger partial charge is 0.0494 e. The Morgan fingerprint density at radius 1 is 1.19 bits per heavy atom. The van der Waals surface area contributed by atoms with Crippen LogP contribution < -0.4 is 10.6 Å². The monoisotopic (exact) mass is 226 g/mol. The zero-order valence-corrected chi connectivity index (χ0v) is 10.3. The van der Waals surface area contributed by atoms with Gasteiger partial charge in [-0.2, -0.15) is 0 Å². The third kappa shape index (κ3) is 5.28. The molecule has 94 valence electrons. The standard InChI is InChI=1S/C13H26N2O/c1-2-8-15-13(4-1)10-14-7-3-9-16-11-12-5-6-12/h12-15H,1-11H2.